The Morgan fingerprint density at radius 2 is 2.10 bits per heavy atom. The van der Waals surface area contributed by atoms with Crippen molar-refractivity contribution in [2.75, 3.05) is 51.3 Å². The lowest BCUT2D eigenvalue weighted by molar-refractivity contribution is 0.161. The van der Waals surface area contributed by atoms with Gasteiger partial charge in [-0.15, -0.1) is 0 Å². The highest BCUT2D eigenvalue weighted by Crippen LogP contribution is 2.20. The summed E-state index contributed by atoms with van der Waals surface area (Å²) in [6, 6.07) is 5.25. The molecular weight excluding hydrogens is 288 g/mol. The van der Waals surface area contributed by atoms with Crippen molar-refractivity contribution in [3.8, 4) is 0 Å². The average Bonchev–Trinajstić information content (AvgIpc) is 2.89. The molecule has 0 radical (unpaired) electrons. The van der Waals surface area contributed by atoms with E-state index in [-0.39, 0.29) is 0 Å². The molecule has 3 rings (SSSR count). The smallest absolute Gasteiger partial charge is 0.287 e. The molecule has 1 fully saturated rings. The summed E-state index contributed by atoms with van der Waals surface area (Å²) >= 11 is 0. The number of piperazine rings is 1. The van der Waals surface area contributed by atoms with Gasteiger partial charge in [0.25, 0.3) is 5.22 Å². The van der Waals surface area contributed by atoms with E-state index < -0.39 is 10.8 Å². The average molecular weight is 308 g/mol. The van der Waals surface area contributed by atoms with Gasteiger partial charge in [0.15, 0.2) is 5.58 Å². The molecule has 2 heterocycles. The number of hydrogen-bond acceptors (Lipinski definition) is 6. The molecule has 1 saturated heterocycles. The number of rotatable bonds is 4. The Kier molecular flexibility index (Phi) is 4.23. The number of nitrogens with zero attached hydrogens (tertiary/aromatic N) is 3. The van der Waals surface area contributed by atoms with Crippen LogP contribution in [0.5, 0.6) is 0 Å². The predicted molar refractivity (Wildman–Crippen MR) is 83.6 cm³/mol. The fraction of sp³-hybridized carbons (Fsp3) is 0.500. The molecule has 0 spiro atoms. The minimum absolute atomic E-state index is 0.296. The van der Waals surface area contributed by atoms with Crippen molar-refractivity contribution in [3.05, 3.63) is 18.2 Å². The van der Waals surface area contributed by atoms with Gasteiger partial charge in [0.1, 0.15) is 16.3 Å². The van der Waals surface area contributed by atoms with Crippen LogP contribution >= 0.6 is 0 Å². The first-order valence-corrected chi connectivity index (χ1v) is 8.39. The zero-order valence-corrected chi connectivity index (χ0v) is 12.9. The van der Waals surface area contributed by atoms with Gasteiger partial charge in [-0.2, -0.15) is 0 Å². The monoisotopic (exact) mass is 308 g/mol. The van der Waals surface area contributed by atoms with Gasteiger partial charge in [-0.3, -0.25) is 4.90 Å². The Balaban J connectivity index is 1.61. The van der Waals surface area contributed by atoms with Gasteiger partial charge in [0, 0.05) is 44.2 Å². The largest absolute Gasteiger partial charge is 0.430 e. The normalized spacial score (nSPS) is 19.1. The van der Waals surface area contributed by atoms with Crippen LogP contribution < -0.4 is 5.73 Å². The van der Waals surface area contributed by atoms with Crippen LogP contribution in [0.3, 0.4) is 0 Å². The van der Waals surface area contributed by atoms with Crippen LogP contribution in [0.2, 0.25) is 0 Å². The maximum Gasteiger partial charge on any atom is 0.287 e. The number of oxazole rings is 1. The van der Waals surface area contributed by atoms with E-state index in [4.69, 9.17) is 10.2 Å². The number of fused-ring (bicyclic) bond motifs is 1. The fourth-order valence-corrected chi connectivity index (χ4v) is 3.37. The van der Waals surface area contributed by atoms with Crippen molar-refractivity contribution in [2.24, 2.45) is 0 Å². The molecule has 2 aromatic rings. The molecule has 1 aromatic heterocycles. The molecule has 0 bridgehead atoms. The Hall–Kier alpha value is -1.44. The quantitative estimate of drug-likeness (QED) is 0.841. The summed E-state index contributed by atoms with van der Waals surface area (Å²) in [7, 11) is 0.918. The SMILES string of the molecule is CN1CCN(CCS(=O)c2nc3cc(N)ccc3o2)CC1. The van der Waals surface area contributed by atoms with E-state index in [1.807, 2.05) is 0 Å². The van der Waals surface area contributed by atoms with Crippen molar-refractivity contribution < 1.29 is 8.63 Å². The predicted octanol–water partition coefficient (Wildman–Crippen LogP) is 0.765. The highest BCUT2D eigenvalue weighted by Gasteiger charge is 2.17. The highest BCUT2D eigenvalue weighted by molar-refractivity contribution is 7.84. The molecule has 1 aliphatic rings. The standard InChI is InChI=1S/C14H20N4O2S/c1-17-4-6-18(7-5-17)8-9-21(19)14-16-12-10-11(15)2-3-13(12)20-14/h2-3,10H,4-9,15H2,1H3. The molecule has 1 aromatic carbocycles. The van der Waals surface area contributed by atoms with Crippen LogP contribution in [-0.2, 0) is 10.8 Å². The van der Waals surface area contributed by atoms with Gasteiger partial charge < -0.3 is 15.1 Å². The third-order valence-corrected chi connectivity index (χ3v) is 4.89. The van der Waals surface area contributed by atoms with Gasteiger partial charge in [0.2, 0.25) is 0 Å². The van der Waals surface area contributed by atoms with Crippen LogP contribution in [0.15, 0.2) is 27.8 Å². The lowest BCUT2D eigenvalue weighted by Crippen LogP contribution is -2.45. The van der Waals surface area contributed by atoms with E-state index in [1.54, 1.807) is 18.2 Å². The summed E-state index contributed by atoms with van der Waals surface area (Å²) in [5.41, 5.74) is 7.64. The van der Waals surface area contributed by atoms with Crippen molar-refractivity contribution in [2.45, 2.75) is 5.22 Å². The molecule has 7 heteroatoms. The van der Waals surface area contributed by atoms with Crippen LogP contribution in [0.1, 0.15) is 0 Å². The summed E-state index contributed by atoms with van der Waals surface area (Å²) in [6.07, 6.45) is 0. The minimum Gasteiger partial charge on any atom is -0.430 e. The van der Waals surface area contributed by atoms with E-state index in [0.29, 0.717) is 27.8 Å². The van der Waals surface area contributed by atoms with Crippen LogP contribution in [0.4, 0.5) is 5.69 Å². The molecule has 1 unspecified atom stereocenters. The molecule has 6 nitrogen and oxygen atoms in total. The first-order chi connectivity index (χ1) is 10.1. The maximum absolute atomic E-state index is 12.3. The highest BCUT2D eigenvalue weighted by atomic mass is 32.2. The number of hydrogen-bond donors (Lipinski definition) is 1. The third-order valence-electron chi connectivity index (χ3n) is 3.78. The summed E-state index contributed by atoms with van der Waals surface area (Å²) in [4.78, 5) is 8.91. The molecular formula is C14H20N4O2S. The number of aromatic nitrogens is 1. The second-order valence-corrected chi connectivity index (χ2v) is 6.85. The molecule has 0 aliphatic carbocycles. The summed E-state index contributed by atoms with van der Waals surface area (Å²) in [5.74, 6) is 0.548. The topological polar surface area (TPSA) is 75.6 Å². The number of nitrogen functional groups attached to an aromatic ring is 1. The van der Waals surface area contributed by atoms with Crippen molar-refractivity contribution in [1.82, 2.24) is 14.8 Å². The Morgan fingerprint density at radius 1 is 1.33 bits per heavy atom. The zero-order chi connectivity index (χ0) is 14.8. The van der Waals surface area contributed by atoms with Gasteiger partial charge >= 0.3 is 0 Å². The van der Waals surface area contributed by atoms with Crippen LogP contribution in [0, 0.1) is 0 Å². The lowest BCUT2D eigenvalue weighted by atomic mass is 10.3. The van der Waals surface area contributed by atoms with Gasteiger partial charge in [-0.25, -0.2) is 9.19 Å². The van der Waals surface area contributed by atoms with Crippen molar-refractivity contribution in [1.29, 1.82) is 0 Å². The van der Waals surface area contributed by atoms with Crippen LogP contribution in [0.25, 0.3) is 11.1 Å². The number of benzene rings is 1. The van der Waals surface area contributed by atoms with E-state index in [2.05, 4.69) is 21.8 Å². The lowest BCUT2D eigenvalue weighted by Gasteiger charge is -2.31. The molecule has 0 amide bonds. The molecule has 2 N–H and O–H groups in total. The van der Waals surface area contributed by atoms with E-state index in [1.165, 1.54) is 0 Å². The van der Waals surface area contributed by atoms with Crippen LogP contribution in [-0.4, -0.2) is 64.5 Å². The van der Waals surface area contributed by atoms with Gasteiger partial charge in [-0.1, -0.05) is 0 Å². The first-order valence-electron chi connectivity index (χ1n) is 7.07. The molecule has 1 aliphatic heterocycles. The first kappa shape index (κ1) is 14.5. The fourth-order valence-electron chi connectivity index (χ4n) is 2.39. The summed E-state index contributed by atoms with van der Waals surface area (Å²) in [5, 5.41) is 0.296. The molecule has 114 valence electrons. The second kappa shape index (κ2) is 6.13. The summed E-state index contributed by atoms with van der Waals surface area (Å²) in [6.45, 7) is 4.99. The van der Waals surface area contributed by atoms with Crippen molar-refractivity contribution in [3.63, 3.8) is 0 Å². The minimum atomic E-state index is -1.21. The summed E-state index contributed by atoms with van der Waals surface area (Å²) < 4.78 is 17.8. The second-order valence-electron chi connectivity index (χ2n) is 5.40. The maximum atomic E-state index is 12.3. The Morgan fingerprint density at radius 3 is 2.86 bits per heavy atom. The molecule has 1 atom stereocenters. The van der Waals surface area contributed by atoms with E-state index in [9.17, 15) is 4.21 Å². The third kappa shape index (κ3) is 3.42. The van der Waals surface area contributed by atoms with E-state index in [0.717, 1.165) is 32.7 Å². The zero-order valence-electron chi connectivity index (χ0n) is 12.1. The molecule has 0 saturated carbocycles. The Bertz CT molecular complexity index is 649. The van der Waals surface area contributed by atoms with Gasteiger partial charge in [0.05, 0.1) is 0 Å². The Labute approximate surface area is 126 Å². The number of nitrogens with two attached hydrogens (primary N) is 1. The van der Waals surface area contributed by atoms with E-state index >= 15 is 0 Å². The number of likely N-dealkylation sites (N-methyl/N-ethyl adjacent to an activating group) is 1. The van der Waals surface area contributed by atoms with Gasteiger partial charge in [-0.05, 0) is 25.2 Å². The van der Waals surface area contributed by atoms with Crippen molar-refractivity contribution >= 4 is 27.6 Å². The molecule has 21 heavy (non-hydrogen) atoms. The number of anilines is 1.